The number of nitrogens with zero attached hydrogens (tertiary/aromatic N) is 3. The fourth-order valence-electron chi connectivity index (χ4n) is 2.14. The van der Waals surface area contributed by atoms with Crippen LogP contribution in [0.25, 0.3) is 10.9 Å². The molecular formula is C15H17N5S. The Hall–Kier alpha value is -2.21. The number of rotatable bonds is 5. The first kappa shape index (κ1) is 13.8. The monoisotopic (exact) mass is 299 g/mol. The van der Waals surface area contributed by atoms with E-state index < -0.39 is 0 Å². The highest BCUT2D eigenvalue weighted by molar-refractivity contribution is 7.09. The number of hydrogen-bond acceptors (Lipinski definition) is 6. The van der Waals surface area contributed by atoms with Crippen molar-refractivity contribution >= 4 is 34.0 Å². The molecule has 0 bridgehead atoms. The molecule has 1 aromatic carbocycles. The number of anilines is 2. The Bertz CT molecular complexity index is 726. The number of thiazole rings is 1. The average molecular weight is 299 g/mol. The van der Waals surface area contributed by atoms with Crippen molar-refractivity contribution < 1.29 is 0 Å². The lowest BCUT2D eigenvalue weighted by atomic mass is 10.2. The van der Waals surface area contributed by atoms with E-state index in [1.165, 1.54) is 0 Å². The highest BCUT2D eigenvalue weighted by Gasteiger charge is 2.12. The lowest BCUT2D eigenvalue weighted by Crippen LogP contribution is -2.10. The largest absolute Gasteiger partial charge is 0.360 e. The van der Waals surface area contributed by atoms with Crippen LogP contribution in [0, 0.1) is 0 Å². The molecule has 0 saturated heterocycles. The lowest BCUT2D eigenvalue weighted by molar-refractivity contribution is 0.862. The molecule has 0 fully saturated rings. The van der Waals surface area contributed by atoms with Crippen LogP contribution < -0.4 is 10.6 Å². The van der Waals surface area contributed by atoms with Gasteiger partial charge in [-0.15, -0.1) is 11.3 Å². The third kappa shape index (κ3) is 2.95. The molecule has 2 heterocycles. The van der Waals surface area contributed by atoms with Gasteiger partial charge in [-0.3, -0.25) is 0 Å². The molecule has 0 aliphatic heterocycles. The molecule has 6 heteroatoms. The van der Waals surface area contributed by atoms with Crippen LogP contribution in [0.5, 0.6) is 0 Å². The first-order chi connectivity index (χ1) is 10.3. The lowest BCUT2D eigenvalue weighted by Gasteiger charge is -2.15. The van der Waals surface area contributed by atoms with Gasteiger partial charge in [-0.25, -0.2) is 9.97 Å². The van der Waals surface area contributed by atoms with Gasteiger partial charge in [0, 0.05) is 23.5 Å². The topological polar surface area (TPSA) is 62.7 Å². The van der Waals surface area contributed by atoms with Gasteiger partial charge in [-0.2, -0.15) is 4.98 Å². The van der Waals surface area contributed by atoms with Crippen LogP contribution in [0.15, 0.2) is 35.8 Å². The summed E-state index contributed by atoms with van der Waals surface area (Å²) in [5.41, 5.74) is 0.928. The maximum Gasteiger partial charge on any atom is 0.225 e. The Morgan fingerprint density at radius 1 is 1.24 bits per heavy atom. The van der Waals surface area contributed by atoms with Gasteiger partial charge in [0.05, 0.1) is 11.6 Å². The van der Waals surface area contributed by atoms with Gasteiger partial charge in [0.2, 0.25) is 5.95 Å². The minimum Gasteiger partial charge on any atom is -0.360 e. The minimum atomic E-state index is 0.109. The summed E-state index contributed by atoms with van der Waals surface area (Å²) in [5, 5.41) is 10.7. The Morgan fingerprint density at radius 2 is 2.10 bits per heavy atom. The van der Waals surface area contributed by atoms with Crippen LogP contribution >= 0.6 is 11.3 Å². The molecule has 3 rings (SSSR count). The van der Waals surface area contributed by atoms with Gasteiger partial charge < -0.3 is 10.6 Å². The summed E-state index contributed by atoms with van der Waals surface area (Å²) in [6.45, 7) is 4.91. The van der Waals surface area contributed by atoms with Crippen LogP contribution in [0.3, 0.4) is 0 Å². The number of hydrogen-bond donors (Lipinski definition) is 2. The van der Waals surface area contributed by atoms with Crippen molar-refractivity contribution in [3.8, 4) is 0 Å². The Kier molecular flexibility index (Phi) is 3.96. The van der Waals surface area contributed by atoms with E-state index in [4.69, 9.17) is 0 Å². The molecule has 0 aliphatic carbocycles. The van der Waals surface area contributed by atoms with Crippen molar-refractivity contribution in [3.63, 3.8) is 0 Å². The zero-order valence-electron chi connectivity index (χ0n) is 12.0. The molecule has 0 aliphatic rings. The fourth-order valence-corrected chi connectivity index (χ4v) is 2.78. The van der Waals surface area contributed by atoms with Gasteiger partial charge in [0.15, 0.2) is 0 Å². The fraction of sp³-hybridized carbons (Fsp3) is 0.267. The Morgan fingerprint density at radius 3 is 2.86 bits per heavy atom. The van der Waals surface area contributed by atoms with E-state index in [1.807, 2.05) is 42.8 Å². The van der Waals surface area contributed by atoms with Crippen LogP contribution in [0.4, 0.5) is 11.8 Å². The van der Waals surface area contributed by atoms with E-state index in [2.05, 4.69) is 32.5 Å². The summed E-state index contributed by atoms with van der Waals surface area (Å²) in [6, 6.07) is 8.12. The third-order valence-electron chi connectivity index (χ3n) is 3.11. The molecule has 0 spiro atoms. The summed E-state index contributed by atoms with van der Waals surface area (Å²) in [6.07, 6.45) is 1.82. The molecule has 2 aromatic heterocycles. The van der Waals surface area contributed by atoms with E-state index >= 15 is 0 Å². The summed E-state index contributed by atoms with van der Waals surface area (Å²) in [4.78, 5) is 13.5. The molecular weight excluding hydrogens is 282 g/mol. The minimum absolute atomic E-state index is 0.109. The maximum atomic E-state index is 4.58. The van der Waals surface area contributed by atoms with E-state index in [0.29, 0.717) is 5.95 Å². The third-order valence-corrected chi connectivity index (χ3v) is 4.07. The number of para-hydroxylation sites is 1. The number of aromatic nitrogens is 3. The Labute approximate surface area is 127 Å². The van der Waals surface area contributed by atoms with Crippen LogP contribution in [-0.2, 0) is 0 Å². The van der Waals surface area contributed by atoms with Crippen LogP contribution in [0.2, 0.25) is 0 Å². The SMILES string of the molecule is CCNc1nc(NC(C)c2nccs2)c2ccccc2n1. The zero-order valence-corrected chi connectivity index (χ0v) is 12.8. The second-order valence-corrected chi connectivity index (χ2v) is 5.61. The molecule has 21 heavy (non-hydrogen) atoms. The Balaban J connectivity index is 1.99. The van der Waals surface area contributed by atoms with Gasteiger partial charge in [-0.05, 0) is 26.0 Å². The summed E-state index contributed by atoms with van der Waals surface area (Å²) < 4.78 is 0. The van der Waals surface area contributed by atoms with Gasteiger partial charge in [0.25, 0.3) is 0 Å². The normalized spacial score (nSPS) is 12.3. The number of benzene rings is 1. The second kappa shape index (κ2) is 6.05. The number of nitrogens with one attached hydrogen (secondary N) is 2. The van der Waals surface area contributed by atoms with Crippen LogP contribution in [-0.4, -0.2) is 21.5 Å². The molecule has 0 saturated carbocycles. The first-order valence-electron chi connectivity index (χ1n) is 6.94. The van der Waals surface area contributed by atoms with Crippen molar-refractivity contribution in [2.75, 3.05) is 17.2 Å². The molecule has 1 unspecified atom stereocenters. The number of fused-ring (bicyclic) bond motifs is 1. The zero-order chi connectivity index (χ0) is 14.7. The highest BCUT2D eigenvalue weighted by atomic mass is 32.1. The van der Waals surface area contributed by atoms with Gasteiger partial charge >= 0.3 is 0 Å². The van der Waals surface area contributed by atoms with Crippen molar-refractivity contribution in [3.05, 3.63) is 40.8 Å². The highest BCUT2D eigenvalue weighted by Crippen LogP contribution is 2.26. The van der Waals surface area contributed by atoms with Crippen molar-refractivity contribution in [1.82, 2.24) is 15.0 Å². The van der Waals surface area contributed by atoms with E-state index in [-0.39, 0.29) is 6.04 Å². The molecule has 5 nitrogen and oxygen atoms in total. The smallest absolute Gasteiger partial charge is 0.225 e. The van der Waals surface area contributed by atoms with E-state index in [0.717, 1.165) is 28.3 Å². The first-order valence-corrected chi connectivity index (χ1v) is 7.82. The second-order valence-electron chi connectivity index (χ2n) is 4.68. The molecule has 3 aromatic rings. The predicted molar refractivity (Wildman–Crippen MR) is 87.9 cm³/mol. The molecule has 2 N–H and O–H groups in total. The van der Waals surface area contributed by atoms with E-state index in [9.17, 15) is 0 Å². The molecule has 108 valence electrons. The molecule has 0 radical (unpaired) electrons. The van der Waals surface area contributed by atoms with Gasteiger partial charge in [0.1, 0.15) is 10.8 Å². The van der Waals surface area contributed by atoms with Crippen molar-refractivity contribution in [2.45, 2.75) is 19.9 Å². The molecule has 1 atom stereocenters. The summed E-state index contributed by atoms with van der Waals surface area (Å²) in [7, 11) is 0. The van der Waals surface area contributed by atoms with Crippen LogP contribution in [0.1, 0.15) is 24.9 Å². The van der Waals surface area contributed by atoms with Crippen molar-refractivity contribution in [1.29, 1.82) is 0 Å². The van der Waals surface area contributed by atoms with Gasteiger partial charge in [-0.1, -0.05) is 12.1 Å². The summed E-state index contributed by atoms with van der Waals surface area (Å²) >= 11 is 1.64. The summed E-state index contributed by atoms with van der Waals surface area (Å²) in [5.74, 6) is 1.48. The van der Waals surface area contributed by atoms with Crippen molar-refractivity contribution in [2.24, 2.45) is 0 Å². The average Bonchev–Trinajstić information content (AvgIpc) is 3.02. The standard InChI is InChI=1S/C15H17N5S/c1-3-16-15-19-12-7-5-4-6-11(12)13(20-15)18-10(2)14-17-8-9-21-14/h4-10H,3H2,1-2H3,(H2,16,18,19,20). The maximum absolute atomic E-state index is 4.58. The quantitative estimate of drug-likeness (QED) is 0.752. The van der Waals surface area contributed by atoms with E-state index in [1.54, 1.807) is 11.3 Å². The molecule has 0 amide bonds. The predicted octanol–water partition coefficient (Wildman–Crippen LogP) is 3.69.